The SMILES string of the molecule is CC1(OCCNCCCOCC2CC2)CNC1. The second-order valence-corrected chi connectivity index (χ2v) is 5.52. The quantitative estimate of drug-likeness (QED) is 0.555. The van der Waals surface area contributed by atoms with Gasteiger partial charge >= 0.3 is 0 Å². The molecule has 1 saturated carbocycles. The van der Waals surface area contributed by atoms with Gasteiger partial charge < -0.3 is 20.1 Å². The van der Waals surface area contributed by atoms with E-state index in [4.69, 9.17) is 9.47 Å². The summed E-state index contributed by atoms with van der Waals surface area (Å²) in [6.45, 7) is 8.79. The highest BCUT2D eigenvalue weighted by atomic mass is 16.5. The molecule has 1 aliphatic carbocycles. The van der Waals surface area contributed by atoms with E-state index in [9.17, 15) is 0 Å². The minimum absolute atomic E-state index is 0.0923. The lowest BCUT2D eigenvalue weighted by molar-refractivity contribution is -0.0648. The minimum atomic E-state index is 0.0923. The van der Waals surface area contributed by atoms with Gasteiger partial charge in [-0.3, -0.25) is 0 Å². The van der Waals surface area contributed by atoms with Crippen molar-refractivity contribution in [1.29, 1.82) is 0 Å². The average Bonchev–Trinajstić information content (AvgIpc) is 3.08. The van der Waals surface area contributed by atoms with Gasteiger partial charge in [0.25, 0.3) is 0 Å². The van der Waals surface area contributed by atoms with Crippen molar-refractivity contribution in [2.24, 2.45) is 5.92 Å². The Morgan fingerprint density at radius 1 is 1.24 bits per heavy atom. The van der Waals surface area contributed by atoms with Crippen LogP contribution in [-0.4, -0.2) is 51.6 Å². The Balaban J connectivity index is 1.29. The lowest BCUT2D eigenvalue weighted by atomic mass is 10.0. The van der Waals surface area contributed by atoms with Crippen LogP contribution in [0.5, 0.6) is 0 Å². The van der Waals surface area contributed by atoms with Crippen LogP contribution in [0.1, 0.15) is 26.2 Å². The van der Waals surface area contributed by atoms with Crippen molar-refractivity contribution in [3.63, 3.8) is 0 Å². The molecule has 1 aliphatic heterocycles. The maximum Gasteiger partial charge on any atom is 0.0902 e. The van der Waals surface area contributed by atoms with E-state index in [1.807, 2.05) is 0 Å². The molecule has 100 valence electrons. The van der Waals surface area contributed by atoms with Crippen molar-refractivity contribution in [2.75, 3.05) is 46.0 Å². The van der Waals surface area contributed by atoms with Gasteiger partial charge in [0.1, 0.15) is 0 Å². The summed E-state index contributed by atoms with van der Waals surface area (Å²) in [5.74, 6) is 0.883. The van der Waals surface area contributed by atoms with Gasteiger partial charge in [0.15, 0.2) is 0 Å². The topological polar surface area (TPSA) is 42.5 Å². The third kappa shape index (κ3) is 5.34. The molecule has 2 fully saturated rings. The first-order valence-electron chi connectivity index (χ1n) is 6.92. The zero-order valence-electron chi connectivity index (χ0n) is 11.0. The summed E-state index contributed by atoms with van der Waals surface area (Å²) in [6.07, 6.45) is 3.86. The van der Waals surface area contributed by atoms with Crippen LogP contribution in [0.15, 0.2) is 0 Å². The van der Waals surface area contributed by atoms with E-state index < -0.39 is 0 Å². The zero-order valence-corrected chi connectivity index (χ0v) is 11.0. The van der Waals surface area contributed by atoms with E-state index >= 15 is 0 Å². The molecule has 2 aliphatic rings. The lowest BCUT2D eigenvalue weighted by Gasteiger charge is -2.39. The van der Waals surface area contributed by atoms with Gasteiger partial charge in [-0.1, -0.05) is 0 Å². The van der Waals surface area contributed by atoms with Crippen LogP contribution in [0.2, 0.25) is 0 Å². The van der Waals surface area contributed by atoms with Crippen LogP contribution >= 0.6 is 0 Å². The molecule has 0 amide bonds. The highest BCUT2D eigenvalue weighted by Gasteiger charge is 2.31. The van der Waals surface area contributed by atoms with E-state index in [1.165, 1.54) is 12.8 Å². The van der Waals surface area contributed by atoms with Crippen molar-refractivity contribution in [3.05, 3.63) is 0 Å². The fraction of sp³-hybridized carbons (Fsp3) is 1.00. The molecule has 0 radical (unpaired) electrons. The maximum atomic E-state index is 5.78. The van der Waals surface area contributed by atoms with Crippen LogP contribution in [0.3, 0.4) is 0 Å². The summed E-state index contributed by atoms with van der Waals surface area (Å²) in [5.41, 5.74) is 0.0923. The molecule has 0 unspecified atom stereocenters. The van der Waals surface area contributed by atoms with Crippen LogP contribution in [-0.2, 0) is 9.47 Å². The van der Waals surface area contributed by atoms with Gasteiger partial charge in [0.2, 0.25) is 0 Å². The molecule has 0 aromatic rings. The summed E-state index contributed by atoms with van der Waals surface area (Å²) < 4.78 is 11.3. The molecule has 2 rings (SSSR count). The molecular weight excluding hydrogens is 216 g/mol. The Bertz CT molecular complexity index is 215. The van der Waals surface area contributed by atoms with Crippen molar-refractivity contribution in [3.8, 4) is 0 Å². The van der Waals surface area contributed by atoms with E-state index in [-0.39, 0.29) is 5.60 Å². The molecule has 0 bridgehead atoms. The van der Waals surface area contributed by atoms with Crippen LogP contribution < -0.4 is 10.6 Å². The smallest absolute Gasteiger partial charge is 0.0902 e. The van der Waals surface area contributed by atoms with Gasteiger partial charge in [0, 0.05) is 32.8 Å². The van der Waals surface area contributed by atoms with E-state index in [0.29, 0.717) is 0 Å². The predicted molar refractivity (Wildman–Crippen MR) is 68.3 cm³/mol. The fourth-order valence-corrected chi connectivity index (χ4v) is 1.91. The summed E-state index contributed by atoms with van der Waals surface area (Å²) in [5, 5.41) is 6.61. The first-order valence-corrected chi connectivity index (χ1v) is 6.92. The van der Waals surface area contributed by atoms with Gasteiger partial charge in [-0.25, -0.2) is 0 Å². The maximum absolute atomic E-state index is 5.78. The zero-order chi connectivity index (χ0) is 12.0. The molecule has 2 N–H and O–H groups in total. The first-order chi connectivity index (χ1) is 8.29. The molecule has 17 heavy (non-hydrogen) atoms. The predicted octanol–water partition coefficient (Wildman–Crippen LogP) is 0.771. The number of hydrogen-bond donors (Lipinski definition) is 2. The Morgan fingerprint density at radius 2 is 2.06 bits per heavy atom. The average molecular weight is 242 g/mol. The second kappa shape index (κ2) is 6.69. The van der Waals surface area contributed by atoms with Crippen molar-refractivity contribution >= 4 is 0 Å². The highest BCUT2D eigenvalue weighted by molar-refractivity contribution is 4.90. The lowest BCUT2D eigenvalue weighted by Crippen LogP contribution is -2.59. The Morgan fingerprint density at radius 3 is 2.71 bits per heavy atom. The molecule has 4 heteroatoms. The largest absolute Gasteiger partial charge is 0.381 e. The van der Waals surface area contributed by atoms with Gasteiger partial charge in [-0.2, -0.15) is 0 Å². The van der Waals surface area contributed by atoms with Crippen molar-refractivity contribution < 1.29 is 9.47 Å². The van der Waals surface area contributed by atoms with Crippen LogP contribution in [0.25, 0.3) is 0 Å². The molecule has 0 atom stereocenters. The molecule has 1 heterocycles. The summed E-state index contributed by atoms with van der Waals surface area (Å²) in [6, 6.07) is 0. The number of ether oxygens (including phenoxy) is 2. The van der Waals surface area contributed by atoms with Crippen molar-refractivity contribution in [2.45, 2.75) is 31.8 Å². The molecule has 0 aromatic heterocycles. The molecule has 0 aromatic carbocycles. The Hall–Kier alpha value is -0.160. The molecule has 0 spiro atoms. The summed E-state index contributed by atoms with van der Waals surface area (Å²) in [7, 11) is 0. The van der Waals surface area contributed by atoms with Crippen LogP contribution in [0, 0.1) is 5.92 Å². The minimum Gasteiger partial charge on any atom is -0.381 e. The fourth-order valence-electron chi connectivity index (χ4n) is 1.91. The van der Waals surface area contributed by atoms with E-state index in [1.54, 1.807) is 0 Å². The standard InChI is InChI=1S/C13H26N2O2/c1-13(10-15-11-13)17-8-6-14-5-2-7-16-9-12-3-4-12/h12,14-15H,2-11H2,1H3. The Labute approximate surface area is 104 Å². The van der Waals surface area contributed by atoms with E-state index in [2.05, 4.69) is 17.6 Å². The third-order valence-corrected chi connectivity index (χ3v) is 3.42. The van der Waals surface area contributed by atoms with Gasteiger partial charge in [-0.15, -0.1) is 0 Å². The van der Waals surface area contributed by atoms with Gasteiger partial charge in [0.05, 0.1) is 12.2 Å². The summed E-state index contributed by atoms with van der Waals surface area (Å²) >= 11 is 0. The van der Waals surface area contributed by atoms with Gasteiger partial charge in [-0.05, 0) is 38.6 Å². The normalized spacial score (nSPS) is 22.4. The third-order valence-electron chi connectivity index (χ3n) is 3.42. The number of rotatable bonds is 10. The van der Waals surface area contributed by atoms with E-state index in [0.717, 1.165) is 58.3 Å². The first kappa shape index (κ1) is 13.3. The summed E-state index contributed by atoms with van der Waals surface area (Å²) in [4.78, 5) is 0. The molecule has 4 nitrogen and oxygen atoms in total. The second-order valence-electron chi connectivity index (χ2n) is 5.52. The molecule has 1 saturated heterocycles. The highest BCUT2D eigenvalue weighted by Crippen LogP contribution is 2.28. The Kier molecular flexibility index (Phi) is 5.22. The van der Waals surface area contributed by atoms with Crippen LogP contribution in [0.4, 0.5) is 0 Å². The molecular formula is C13H26N2O2. The number of hydrogen-bond acceptors (Lipinski definition) is 4. The monoisotopic (exact) mass is 242 g/mol. The number of nitrogens with one attached hydrogen (secondary N) is 2. The van der Waals surface area contributed by atoms with Crippen molar-refractivity contribution in [1.82, 2.24) is 10.6 Å².